The first-order valence-corrected chi connectivity index (χ1v) is 14.1. The number of nitrogens with zero attached hydrogens (tertiary/aromatic N) is 1. The maximum Gasteiger partial charge on any atom is 0.243 e. The van der Waals surface area contributed by atoms with E-state index in [0.717, 1.165) is 5.56 Å². The first-order valence-electron chi connectivity index (χ1n) is 12.6. The lowest BCUT2D eigenvalue weighted by molar-refractivity contribution is -0.138. The minimum absolute atomic E-state index is 0.145. The fourth-order valence-corrected chi connectivity index (χ4v) is 5.28. The van der Waals surface area contributed by atoms with E-state index in [4.69, 9.17) is 5.73 Å². The van der Waals surface area contributed by atoms with E-state index in [1.54, 1.807) is 39.0 Å². The predicted molar refractivity (Wildman–Crippen MR) is 145 cm³/mol. The van der Waals surface area contributed by atoms with E-state index in [0.29, 0.717) is 6.42 Å². The Morgan fingerprint density at radius 1 is 1.00 bits per heavy atom. The van der Waals surface area contributed by atoms with Gasteiger partial charge in [-0.25, -0.2) is 8.42 Å². The quantitative estimate of drug-likeness (QED) is 0.345. The van der Waals surface area contributed by atoms with Crippen LogP contribution in [-0.4, -0.2) is 54.9 Å². The summed E-state index contributed by atoms with van der Waals surface area (Å²) in [5.74, 6) is -1.56. The van der Waals surface area contributed by atoms with Crippen molar-refractivity contribution in [2.45, 2.75) is 64.5 Å². The molecule has 0 radical (unpaired) electrons. The van der Waals surface area contributed by atoms with Crippen molar-refractivity contribution in [2.24, 2.45) is 23.0 Å². The predicted octanol–water partition coefficient (Wildman–Crippen LogP) is 2.96. The molecule has 0 saturated carbocycles. The zero-order valence-corrected chi connectivity index (χ0v) is 23.2. The van der Waals surface area contributed by atoms with E-state index in [1.165, 1.54) is 16.4 Å². The zero-order chi connectivity index (χ0) is 27.8. The van der Waals surface area contributed by atoms with Gasteiger partial charge in [0.1, 0.15) is 0 Å². The summed E-state index contributed by atoms with van der Waals surface area (Å²) < 4.78 is 28.2. The third-order valence-corrected chi connectivity index (χ3v) is 8.81. The molecule has 4 N–H and O–H groups in total. The first-order chi connectivity index (χ1) is 17.3. The Balaban J connectivity index is 2.35. The third-order valence-electron chi connectivity index (χ3n) is 6.93. The van der Waals surface area contributed by atoms with E-state index >= 15 is 0 Å². The number of rotatable bonds is 14. The molecule has 0 heterocycles. The van der Waals surface area contributed by atoms with Crippen molar-refractivity contribution in [2.75, 3.05) is 13.1 Å². The second kappa shape index (κ2) is 13.2. The number of nitrogens with one attached hydrogen (secondary N) is 1. The number of sulfonamides is 1. The van der Waals surface area contributed by atoms with Gasteiger partial charge in [-0.2, -0.15) is 4.31 Å². The Kier molecular flexibility index (Phi) is 10.8. The highest BCUT2D eigenvalue weighted by atomic mass is 32.2. The minimum Gasteiger partial charge on any atom is -0.390 e. The SMILES string of the molecule is CC(C)CCN(C[C@@H](O)C(Cc1ccccc1)NC(=O)[C@H](C)C(C)(C)C(N)=O)S(=O)(=O)c1ccccc1. The van der Waals surface area contributed by atoms with Gasteiger partial charge in [-0.05, 0) is 36.5 Å². The van der Waals surface area contributed by atoms with Gasteiger partial charge in [0.2, 0.25) is 21.8 Å². The molecule has 0 bridgehead atoms. The fraction of sp³-hybridized carbons (Fsp3) is 0.500. The van der Waals surface area contributed by atoms with Crippen molar-refractivity contribution in [3.8, 4) is 0 Å². The lowest BCUT2D eigenvalue weighted by Crippen LogP contribution is -2.54. The lowest BCUT2D eigenvalue weighted by atomic mass is 9.78. The summed E-state index contributed by atoms with van der Waals surface area (Å²) in [5, 5.41) is 14.2. The van der Waals surface area contributed by atoms with E-state index in [9.17, 15) is 23.1 Å². The van der Waals surface area contributed by atoms with Crippen molar-refractivity contribution >= 4 is 21.8 Å². The molecule has 2 rings (SSSR count). The smallest absolute Gasteiger partial charge is 0.243 e. The summed E-state index contributed by atoms with van der Waals surface area (Å²) >= 11 is 0. The average Bonchev–Trinajstić information content (AvgIpc) is 2.86. The summed E-state index contributed by atoms with van der Waals surface area (Å²) in [6, 6.07) is 16.6. The van der Waals surface area contributed by atoms with Crippen LogP contribution in [0.25, 0.3) is 0 Å². The molecule has 0 fully saturated rings. The Bertz CT molecular complexity index is 1120. The molecule has 37 heavy (non-hydrogen) atoms. The van der Waals surface area contributed by atoms with Gasteiger partial charge >= 0.3 is 0 Å². The Labute approximate surface area is 221 Å². The molecule has 1 unspecified atom stereocenters. The van der Waals surface area contributed by atoms with Crippen LogP contribution < -0.4 is 11.1 Å². The number of hydrogen-bond donors (Lipinski definition) is 3. The van der Waals surface area contributed by atoms with Crippen molar-refractivity contribution in [3.05, 3.63) is 66.2 Å². The molecule has 0 aliphatic carbocycles. The van der Waals surface area contributed by atoms with E-state index in [1.807, 2.05) is 44.2 Å². The Morgan fingerprint density at radius 2 is 1.54 bits per heavy atom. The number of aliphatic hydroxyl groups is 1. The molecule has 0 aliphatic heterocycles. The number of benzene rings is 2. The Hall–Kier alpha value is -2.75. The van der Waals surface area contributed by atoms with Crippen LogP contribution in [0.4, 0.5) is 0 Å². The third kappa shape index (κ3) is 8.38. The molecule has 0 saturated heterocycles. The minimum atomic E-state index is -3.88. The summed E-state index contributed by atoms with van der Waals surface area (Å²) in [5.41, 5.74) is 5.27. The highest BCUT2D eigenvalue weighted by Crippen LogP contribution is 2.27. The number of amides is 2. The lowest BCUT2D eigenvalue weighted by Gasteiger charge is -2.33. The average molecular weight is 532 g/mol. The number of primary amides is 1. The zero-order valence-electron chi connectivity index (χ0n) is 22.4. The van der Waals surface area contributed by atoms with Crippen LogP contribution >= 0.6 is 0 Å². The van der Waals surface area contributed by atoms with E-state index in [-0.39, 0.29) is 30.3 Å². The molecule has 2 amide bonds. The number of hydrogen-bond acceptors (Lipinski definition) is 5. The van der Waals surface area contributed by atoms with Crippen LogP contribution in [0.3, 0.4) is 0 Å². The maximum absolute atomic E-state index is 13.5. The van der Waals surface area contributed by atoms with Crippen LogP contribution in [0.2, 0.25) is 0 Å². The molecule has 0 aromatic heterocycles. The number of carbonyl (C=O) groups is 2. The molecule has 9 heteroatoms. The number of carbonyl (C=O) groups excluding carboxylic acids is 2. The van der Waals surface area contributed by atoms with Gasteiger partial charge < -0.3 is 16.2 Å². The molecular formula is C28H41N3O5S. The van der Waals surface area contributed by atoms with Gasteiger partial charge in [-0.15, -0.1) is 0 Å². The molecular weight excluding hydrogens is 490 g/mol. The van der Waals surface area contributed by atoms with Crippen LogP contribution in [-0.2, 0) is 26.0 Å². The highest BCUT2D eigenvalue weighted by Gasteiger charge is 2.38. The second-order valence-corrected chi connectivity index (χ2v) is 12.5. The summed E-state index contributed by atoms with van der Waals surface area (Å²) in [7, 11) is -3.88. The van der Waals surface area contributed by atoms with Gasteiger partial charge in [-0.1, -0.05) is 83.1 Å². The molecule has 2 aromatic rings. The Morgan fingerprint density at radius 3 is 2.05 bits per heavy atom. The first kappa shape index (κ1) is 30.5. The highest BCUT2D eigenvalue weighted by molar-refractivity contribution is 7.89. The van der Waals surface area contributed by atoms with Crippen molar-refractivity contribution in [1.82, 2.24) is 9.62 Å². The van der Waals surface area contributed by atoms with Gasteiger partial charge in [0.05, 0.1) is 22.5 Å². The van der Waals surface area contributed by atoms with Crippen LogP contribution in [0.5, 0.6) is 0 Å². The largest absolute Gasteiger partial charge is 0.390 e. The monoisotopic (exact) mass is 531 g/mol. The molecule has 2 aromatic carbocycles. The number of nitrogens with two attached hydrogens (primary N) is 1. The van der Waals surface area contributed by atoms with Gasteiger partial charge in [0, 0.05) is 19.0 Å². The number of aliphatic hydroxyl groups excluding tert-OH is 1. The summed E-state index contributed by atoms with van der Waals surface area (Å²) in [6.45, 7) is 8.85. The van der Waals surface area contributed by atoms with Crippen molar-refractivity contribution in [1.29, 1.82) is 0 Å². The molecule has 204 valence electrons. The fourth-order valence-electron chi connectivity index (χ4n) is 3.79. The summed E-state index contributed by atoms with van der Waals surface area (Å²) in [6.07, 6.45) is -0.321. The molecule has 0 aliphatic rings. The van der Waals surface area contributed by atoms with Crippen LogP contribution in [0.15, 0.2) is 65.6 Å². The topological polar surface area (TPSA) is 130 Å². The van der Waals surface area contributed by atoms with Gasteiger partial charge in [0.25, 0.3) is 0 Å². The van der Waals surface area contributed by atoms with Gasteiger partial charge in [0.15, 0.2) is 0 Å². The standard InChI is InChI=1S/C28H41N3O5S/c1-20(2)16-17-31(37(35,36)23-14-10-7-11-15-23)19-25(32)24(18-22-12-8-6-9-13-22)30-26(33)21(3)28(4,5)27(29)34/h6-15,20-21,24-25,32H,16-19H2,1-5H3,(H2,29,34)(H,30,33)/t21-,24?,25+/m0/s1. The van der Waals surface area contributed by atoms with E-state index < -0.39 is 45.3 Å². The second-order valence-electron chi connectivity index (χ2n) is 10.5. The molecule has 3 atom stereocenters. The van der Waals surface area contributed by atoms with Crippen LogP contribution in [0.1, 0.15) is 46.6 Å². The van der Waals surface area contributed by atoms with E-state index in [2.05, 4.69) is 5.32 Å². The molecule has 0 spiro atoms. The van der Waals surface area contributed by atoms with Crippen molar-refractivity contribution < 1.29 is 23.1 Å². The van der Waals surface area contributed by atoms with Crippen molar-refractivity contribution in [3.63, 3.8) is 0 Å². The summed E-state index contributed by atoms with van der Waals surface area (Å²) in [4.78, 5) is 25.2. The normalized spacial score (nSPS) is 14.8. The molecule has 8 nitrogen and oxygen atoms in total. The maximum atomic E-state index is 13.5. The van der Waals surface area contributed by atoms with Crippen LogP contribution in [0, 0.1) is 17.3 Å². The van der Waals surface area contributed by atoms with Gasteiger partial charge in [-0.3, -0.25) is 9.59 Å².